The molecule has 8 nitrogen and oxygen atoms in total. The summed E-state index contributed by atoms with van der Waals surface area (Å²) in [5.41, 5.74) is -1.02. The summed E-state index contributed by atoms with van der Waals surface area (Å²) in [5.74, 6) is -4.08. The molecule has 0 aliphatic carbocycles. The van der Waals surface area contributed by atoms with Gasteiger partial charge in [-0.15, -0.1) is 0 Å². The quantitative estimate of drug-likeness (QED) is 0.265. The number of rotatable bonds is 11. The molecule has 0 saturated carbocycles. The second-order valence-electron chi connectivity index (χ2n) is 8.95. The molecule has 35 heavy (non-hydrogen) atoms. The number of hydrogen-bond donors (Lipinski definition) is 5. The number of amides is 1. The van der Waals surface area contributed by atoms with Crippen LogP contribution in [0.25, 0.3) is 21.9 Å². The van der Waals surface area contributed by atoms with Crippen LogP contribution in [0.15, 0.2) is 66.7 Å². The van der Waals surface area contributed by atoms with Crippen molar-refractivity contribution in [3.63, 3.8) is 0 Å². The summed E-state index contributed by atoms with van der Waals surface area (Å²) < 4.78 is 0. The second-order valence-corrected chi connectivity index (χ2v) is 8.95. The van der Waals surface area contributed by atoms with Gasteiger partial charge in [0, 0.05) is 6.54 Å². The molecule has 0 heterocycles. The number of benzene rings is 3. The van der Waals surface area contributed by atoms with Crippen LogP contribution in [0.2, 0.25) is 0 Å². The van der Waals surface area contributed by atoms with Gasteiger partial charge >= 0.3 is 11.9 Å². The van der Waals surface area contributed by atoms with Gasteiger partial charge in [-0.05, 0) is 53.3 Å². The van der Waals surface area contributed by atoms with Crippen molar-refractivity contribution in [1.82, 2.24) is 5.32 Å². The first-order valence-corrected chi connectivity index (χ1v) is 11.3. The van der Waals surface area contributed by atoms with Crippen LogP contribution in [0.3, 0.4) is 0 Å². The molecule has 8 heteroatoms. The molecular weight excluding hydrogens is 450 g/mol. The standard InChI is InChI=1S/C27H29NO7/c1-26(34,13-4-14-28-23(29)16-27(35,25(32)33)17-24(30)31)22-11-9-19(10-12-22)21-8-7-18-5-2-3-6-20(18)15-21/h2-3,5-12,15,34-35H,4,13-14,16-17H2,1H3,(H,28,29)(H,30,31)(H,32,33). The zero-order valence-electron chi connectivity index (χ0n) is 19.4. The van der Waals surface area contributed by atoms with Gasteiger partial charge in [0.05, 0.1) is 18.4 Å². The molecule has 0 aliphatic rings. The van der Waals surface area contributed by atoms with Crippen LogP contribution >= 0.6 is 0 Å². The molecule has 0 spiro atoms. The Morgan fingerprint density at radius 1 is 0.829 bits per heavy atom. The van der Waals surface area contributed by atoms with E-state index in [9.17, 15) is 24.6 Å². The van der Waals surface area contributed by atoms with E-state index in [2.05, 4.69) is 35.6 Å². The van der Waals surface area contributed by atoms with Crippen molar-refractivity contribution >= 4 is 28.6 Å². The van der Waals surface area contributed by atoms with Gasteiger partial charge in [-0.2, -0.15) is 0 Å². The third-order valence-electron chi connectivity index (χ3n) is 6.05. The summed E-state index contributed by atoms with van der Waals surface area (Å²) >= 11 is 0. The van der Waals surface area contributed by atoms with Crippen molar-refractivity contribution in [3.8, 4) is 11.1 Å². The highest BCUT2D eigenvalue weighted by molar-refractivity contribution is 5.90. The van der Waals surface area contributed by atoms with E-state index in [0.29, 0.717) is 12.8 Å². The van der Waals surface area contributed by atoms with Crippen molar-refractivity contribution in [2.45, 2.75) is 43.8 Å². The summed E-state index contributed by atoms with van der Waals surface area (Å²) in [5, 5.41) is 43.4. The van der Waals surface area contributed by atoms with Crippen molar-refractivity contribution < 1.29 is 34.8 Å². The Balaban J connectivity index is 1.54. The number of carboxylic acids is 2. The SMILES string of the molecule is CC(O)(CCCNC(=O)CC(O)(CC(=O)O)C(=O)O)c1ccc(-c2ccc3ccccc3c2)cc1. The molecule has 2 atom stereocenters. The molecule has 0 aromatic heterocycles. The van der Waals surface area contributed by atoms with Gasteiger partial charge < -0.3 is 25.7 Å². The lowest BCUT2D eigenvalue weighted by Gasteiger charge is -2.24. The van der Waals surface area contributed by atoms with E-state index in [1.165, 1.54) is 0 Å². The topological polar surface area (TPSA) is 144 Å². The number of carboxylic acid groups (broad SMARTS) is 2. The second kappa shape index (κ2) is 10.7. The van der Waals surface area contributed by atoms with Crippen LogP contribution in [0.5, 0.6) is 0 Å². The summed E-state index contributed by atoms with van der Waals surface area (Å²) in [7, 11) is 0. The average Bonchev–Trinajstić information content (AvgIpc) is 2.81. The molecule has 0 bridgehead atoms. The maximum atomic E-state index is 12.0. The Morgan fingerprint density at radius 3 is 2.09 bits per heavy atom. The van der Waals surface area contributed by atoms with Crippen LogP contribution in [0.4, 0.5) is 0 Å². The van der Waals surface area contributed by atoms with Gasteiger partial charge in [0.25, 0.3) is 0 Å². The smallest absolute Gasteiger partial charge is 0.336 e. The van der Waals surface area contributed by atoms with Crippen LogP contribution in [0.1, 0.15) is 38.2 Å². The molecule has 1 amide bonds. The van der Waals surface area contributed by atoms with Gasteiger partial charge in [0.15, 0.2) is 5.60 Å². The molecule has 3 rings (SSSR count). The van der Waals surface area contributed by atoms with E-state index < -0.39 is 41.9 Å². The molecule has 3 aromatic carbocycles. The molecule has 2 unspecified atom stereocenters. The Bertz CT molecular complexity index is 1220. The summed E-state index contributed by atoms with van der Waals surface area (Å²) in [6, 6.07) is 22.0. The largest absolute Gasteiger partial charge is 0.481 e. The minimum atomic E-state index is -2.67. The predicted molar refractivity (Wildman–Crippen MR) is 131 cm³/mol. The summed E-state index contributed by atoms with van der Waals surface area (Å²) in [6.45, 7) is 1.81. The minimum Gasteiger partial charge on any atom is -0.481 e. The average molecular weight is 480 g/mol. The highest BCUT2D eigenvalue weighted by Gasteiger charge is 2.40. The first-order chi connectivity index (χ1) is 16.5. The van der Waals surface area contributed by atoms with Crippen LogP contribution in [0, 0.1) is 0 Å². The van der Waals surface area contributed by atoms with Crippen molar-refractivity contribution in [2.24, 2.45) is 0 Å². The van der Waals surface area contributed by atoms with E-state index in [1.54, 1.807) is 6.92 Å². The summed E-state index contributed by atoms with van der Waals surface area (Å²) in [6.07, 6.45) is -1.25. The molecule has 0 aliphatic heterocycles. The Kier molecular flexibility index (Phi) is 7.89. The Labute approximate surface area is 202 Å². The Morgan fingerprint density at radius 2 is 1.46 bits per heavy atom. The number of hydrogen-bond acceptors (Lipinski definition) is 5. The maximum absolute atomic E-state index is 12.0. The van der Waals surface area contributed by atoms with Gasteiger partial charge in [0.2, 0.25) is 5.91 Å². The number of carbonyl (C=O) groups excluding carboxylic acids is 1. The zero-order valence-corrected chi connectivity index (χ0v) is 19.4. The van der Waals surface area contributed by atoms with Crippen LogP contribution in [-0.4, -0.2) is 50.4 Å². The molecule has 0 fully saturated rings. The molecular formula is C27H29NO7. The van der Waals surface area contributed by atoms with Crippen LogP contribution < -0.4 is 5.32 Å². The number of aliphatic hydroxyl groups is 2. The van der Waals surface area contributed by atoms with E-state index in [4.69, 9.17) is 10.2 Å². The highest BCUT2D eigenvalue weighted by atomic mass is 16.4. The minimum absolute atomic E-state index is 0.132. The molecule has 5 N–H and O–H groups in total. The van der Waals surface area contributed by atoms with E-state index in [-0.39, 0.29) is 6.54 Å². The fourth-order valence-corrected chi connectivity index (χ4v) is 3.99. The van der Waals surface area contributed by atoms with Crippen molar-refractivity contribution in [3.05, 3.63) is 72.3 Å². The number of aliphatic carboxylic acids is 2. The number of nitrogens with one attached hydrogen (secondary N) is 1. The van der Waals surface area contributed by atoms with Gasteiger partial charge in [-0.25, -0.2) is 4.79 Å². The van der Waals surface area contributed by atoms with Gasteiger partial charge in [-0.3, -0.25) is 9.59 Å². The van der Waals surface area contributed by atoms with Gasteiger partial charge in [-0.1, -0.05) is 60.7 Å². The first-order valence-electron chi connectivity index (χ1n) is 11.3. The van der Waals surface area contributed by atoms with E-state index >= 15 is 0 Å². The normalized spacial score (nSPS) is 14.6. The maximum Gasteiger partial charge on any atom is 0.336 e. The summed E-state index contributed by atoms with van der Waals surface area (Å²) in [4.78, 5) is 33.9. The van der Waals surface area contributed by atoms with E-state index in [1.807, 2.05) is 36.4 Å². The fraction of sp³-hybridized carbons (Fsp3) is 0.296. The van der Waals surface area contributed by atoms with Gasteiger partial charge in [0.1, 0.15) is 0 Å². The zero-order chi connectivity index (χ0) is 25.6. The third-order valence-corrected chi connectivity index (χ3v) is 6.05. The lowest BCUT2D eigenvalue weighted by molar-refractivity contribution is -0.167. The first kappa shape index (κ1) is 25.9. The lowest BCUT2D eigenvalue weighted by atomic mass is 9.89. The fourth-order valence-electron chi connectivity index (χ4n) is 3.99. The number of carbonyl (C=O) groups is 3. The van der Waals surface area contributed by atoms with E-state index in [0.717, 1.165) is 27.5 Å². The Hall–Kier alpha value is -3.75. The molecule has 3 aromatic rings. The number of fused-ring (bicyclic) bond motifs is 1. The monoisotopic (exact) mass is 479 g/mol. The van der Waals surface area contributed by atoms with Crippen molar-refractivity contribution in [2.75, 3.05) is 6.54 Å². The lowest BCUT2D eigenvalue weighted by Crippen LogP contribution is -2.45. The molecule has 0 saturated heterocycles. The van der Waals surface area contributed by atoms with Crippen LogP contribution in [-0.2, 0) is 20.0 Å². The van der Waals surface area contributed by atoms with Crippen molar-refractivity contribution in [1.29, 1.82) is 0 Å². The molecule has 0 radical (unpaired) electrons. The predicted octanol–water partition coefficient (Wildman–Crippen LogP) is 3.29. The molecule has 184 valence electrons. The third kappa shape index (κ3) is 6.65. The highest BCUT2D eigenvalue weighted by Crippen LogP contribution is 2.30.